The lowest BCUT2D eigenvalue weighted by molar-refractivity contribution is -0.116. The van der Waals surface area contributed by atoms with E-state index < -0.39 is 0 Å². The quantitative estimate of drug-likeness (QED) is 0.834. The van der Waals surface area contributed by atoms with Crippen LogP contribution in [0.25, 0.3) is 0 Å². The SMILES string of the molecule is CNC1CCCN(CCC(=O)Nc2cccnc2)C1. The molecule has 5 heteroatoms. The molecule has 1 unspecified atom stereocenters. The Labute approximate surface area is 114 Å². The Balaban J connectivity index is 1.71. The Hall–Kier alpha value is -1.46. The molecule has 0 saturated carbocycles. The van der Waals surface area contributed by atoms with E-state index >= 15 is 0 Å². The van der Waals surface area contributed by atoms with E-state index in [4.69, 9.17) is 0 Å². The standard InChI is InChI=1S/C14H22N4O/c1-15-13-5-3-8-18(11-13)9-6-14(19)17-12-4-2-7-16-10-12/h2,4,7,10,13,15H,3,5-6,8-9,11H2,1H3,(H,17,19). The van der Waals surface area contributed by atoms with Crippen LogP contribution in [0.15, 0.2) is 24.5 Å². The third-order valence-corrected chi connectivity index (χ3v) is 3.51. The Morgan fingerprint density at radius 1 is 1.58 bits per heavy atom. The third kappa shape index (κ3) is 4.61. The molecule has 2 rings (SSSR count). The molecule has 1 aromatic rings. The number of rotatable bonds is 5. The number of likely N-dealkylation sites (N-methyl/N-ethyl adjacent to an activating group) is 1. The zero-order valence-electron chi connectivity index (χ0n) is 11.4. The van der Waals surface area contributed by atoms with Crippen LogP contribution in [0.2, 0.25) is 0 Å². The van der Waals surface area contributed by atoms with Gasteiger partial charge in [-0.2, -0.15) is 0 Å². The molecule has 2 N–H and O–H groups in total. The molecule has 1 amide bonds. The molecule has 2 heterocycles. The van der Waals surface area contributed by atoms with Crippen LogP contribution < -0.4 is 10.6 Å². The summed E-state index contributed by atoms with van der Waals surface area (Å²) in [6, 6.07) is 4.23. The molecule has 1 aliphatic rings. The molecular formula is C14H22N4O. The molecule has 1 aromatic heterocycles. The Kier molecular flexibility index (Phi) is 5.30. The second-order valence-electron chi connectivity index (χ2n) is 4.97. The first-order valence-electron chi connectivity index (χ1n) is 6.87. The van der Waals surface area contributed by atoms with Crippen LogP contribution in [-0.4, -0.2) is 48.5 Å². The van der Waals surface area contributed by atoms with Gasteiger partial charge < -0.3 is 15.5 Å². The fraction of sp³-hybridized carbons (Fsp3) is 0.571. The summed E-state index contributed by atoms with van der Waals surface area (Å²) in [5, 5.41) is 6.17. The molecule has 0 aromatic carbocycles. The van der Waals surface area contributed by atoms with E-state index in [2.05, 4.69) is 20.5 Å². The number of likely N-dealkylation sites (tertiary alicyclic amines) is 1. The van der Waals surface area contributed by atoms with Crippen molar-refractivity contribution < 1.29 is 4.79 Å². The monoisotopic (exact) mass is 262 g/mol. The maximum absolute atomic E-state index is 11.8. The fourth-order valence-electron chi connectivity index (χ4n) is 2.41. The Morgan fingerprint density at radius 2 is 2.47 bits per heavy atom. The second-order valence-corrected chi connectivity index (χ2v) is 4.97. The number of pyridine rings is 1. The van der Waals surface area contributed by atoms with Crippen molar-refractivity contribution in [3.63, 3.8) is 0 Å². The molecule has 19 heavy (non-hydrogen) atoms. The van der Waals surface area contributed by atoms with Crippen LogP contribution in [0.5, 0.6) is 0 Å². The number of anilines is 1. The van der Waals surface area contributed by atoms with Crippen LogP contribution in [0.1, 0.15) is 19.3 Å². The minimum Gasteiger partial charge on any atom is -0.325 e. The topological polar surface area (TPSA) is 57.3 Å². The molecule has 5 nitrogen and oxygen atoms in total. The number of nitrogens with one attached hydrogen (secondary N) is 2. The number of carbonyl (C=O) groups excluding carboxylic acids is 1. The van der Waals surface area contributed by atoms with E-state index in [1.807, 2.05) is 19.2 Å². The van der Waals surface area contributed by atoms with E-state index in [1.165, 1.54) is 12.8 Å². The summed E-state index contributed by atoms with van der Waals surface area (Å²) >= 11 is 0. The predicted molar refractivity (Wildman–Crippen MR) is 76.0 cm³/mol. The van der Waals surface area contributed by atoms with Gasteiger partial charge in [0.05, 0.1) is 11.9 Å². The van der Waals surface area contributed by atoms with E-state index in [0.29, 0.717) is 12.5 Å². The van der Waals surface area contributed by atoms with Gasteiger partial charge in [-0.05, 0) is 38.6 Å². The summed E-state index contributed by atoms with van der Waals surface area (Å²) in [4.78, 5) is 18.2. The summed E-state index contributed by atoms with van der Waals surface area (Å²) in [7, 11) is 2.00. The van der Waals surface area contributed by atoms with Crippen LogP contribution in [0.4, 0.5) is 5.69 Å². The maximum Gasteiger partial charge on any atom is 0.225 e. The van der Waals surface area contributed by atoms with Crippen molar-refractivity contribution in [1.29, 1.82) is 0 Å². The molecule has 1 fully saturated rings. The number of piperidine rings is 1. The van der Waals surface area contributed by atoms with E-state index in [9.17, 15) is 4.79 Å². The van der Waals surface area contributed by atoms with E-state index in [0.717, 1.165) is 25.3 Å². The zero-order chi connectivity index (χ0) is 13.5. The molecule has 1 aliphatic heterocycles. The molecular weight excluding hydrogens is 240 g/mol. The maximum atomic E-state index is 11.8. The molecule has 0 radical (unpaired) electrons. The van der Waals surface area contributed by atoms with Crippen LogP contribution >= 0.6 is 0 Å². The van der Waals surface area contributed by atoms with Gasteiger partial charge >= 0.3 is 0 Å². The van der Waals surface area contributed by atoms with Gasteiger partial charge in [0.2, 0.25) is 5.91 Å². The molecule has 1 atom stereocenters. The molecule has 0 bridgehead atoms. The van der Waals surface area contributed by atoms with Gasteiger partial charge in [-0.3, -0.25) is 9.78 Å². The van der Waals surface area contributed by atoms with Crippen molar-refractivity contribution in [2.24, 2.45) is 0 Å². The molecule has 1 saturated heterocycles. The largest absolute Gasteiger partial charge is 0.325 e. The highest BCUT2D eigenvalue weighted by atomic mass is 16.1. The predicted octanol–water partition coefficient (Wildman–Crippen LogP) is 1.09. The normalized spacial score (nSPS) is 20.2. The number of hydrogen-bond acceptors (Lipinski definition) is 4. The van der Waals surface area contributed by atoms with Gasteiger partial charge in [0, 0.05) is 31.7 Å². The van der Waals surface area contributed by atoms with Crippen molar-refractivity contribution in [3.05, 3.63) is 24.5 Å². The summed E-state index contributed by atoms with van der Waals surface area (Å²) < 4.78 is 0. The fourth-order valence-corrected chi connectivity index (χ4v) is 2.41. The number of amides is 1. The van der Waals surface area contributed by atoms with Gasteiger partial charge in [0.15, 0.2) is 0 Å². The Morgan fingerprint density at radius 3 is 3.21 bits per heavy atom. The summed E-state index contributed by atoms with van der Waals surface area (Å²) in [6.07, 6.45) is 6.33. The number of hydrogen-bond donors (Lipinski definition) is 2. The zero-order valence-corrected chi connectivity index (χ0v) is 11.4. The van der Waals surface area contributed by atoms with Crippen molar-refractivity contribution in [2.75, 3.05) is 32.0 Å². The van der Waals surface area contributed by atoms with Gasteiger partial charge in [-0.1, -0.05) is 0 Å². The third-order valence-electron chi connectivity index (χ3n) is 3.51. The number of nitrogens with zero attached hydrogens (tertiary/aromatic N) is 2. The van der Waals surface area contributed by atoms with Crippen molar-refractivity contribution >= 4 is 11.6 Å². The first-order valence-corrected chi connectivity index (χ1v) is 6.87. The average molecular weight is 262 g/mol. The van der Waals surface area contributed by atoms with Crippen molar-refractivity contribution in [3.8, 4) is 0 Å². The van der Waals surface area contributed by atoms with Gasteiger partial charge in [-0.15, -0.1) is 0 Å². The van der Waals surface area contributed by atoms with Gasteiger partial charge in [0.25, 0.3) is 0 Å². The number of aromatic nitrogens is 1. The number of carbonyl (C=O) groups is 1. The van der Waals surface area contributed by atoms with Gasteiger partial charge in [0.1, 0.15) is 0 Å². The highest BCUT2D eigenvalue weighted by Crippen LogP contribution is 2.10. The highest BCUT2D eigenvalue weighted by Gasteiger charge is 2.18. The van der Waals surface area contributed by atoms with E-state index in [1.54, 1.807) is 12.4 Å². The lowest BCUT2D eigenvalue weighted by atomic mass is 10.1. The van der Waals surface area contributed by atoms with E-state index in [-0.39, 0.29) is 5.91 Å². The Bertz CT molecular complexity index is 396. The molecule has 0 aliphatic carbocycles. The smallest absolute Gasteiger partial charge is 0.225 e. The highest BCUT2D eigenvalue weighted by molar-refractivity contribution is 5.90. The van der Waals surface area contributed by atoms with Crippen LogP contribution in [-0.2, 0) is 4.79 Å². The summed E-state index contributed by atoms with van der Waals surface area (Å²) in [5.41, 5.74) is 0.763. The van der Waals surface area contributed by atoms with Crippen molar-refractivity contribution in [2.45, 2.75) is 25.3 Å². The second kappa shape index (κ2) is 7.21. The van der Waals surface area contributed by atoms with Gasteiger partial charge in [-0.25, -0.2) is 0 Å². The lowest BCUT2D eigenvalue weighted by Crippen LogP contribution is -2.45. The van der Waals surface area contributed by atoms with Crippen LogP contribution in [0, 0.1) is 0 Å². The average Bonchev–Trinajstić information content (AvgIpc) is 2.46. The first-order chi connectivity index (χ1) is 9.28. The first kappa shape index (κ1) is 14.0. The molecule has 104 valence electrons. The van der Waals surface area contributed by atoms with Crippen molar-refractivity contribution in [1.82, 2.24) is 15.2 Å². The van der Waals surface area contributed by atoms with Crippen LogP contribution in [0.3, 0.4) is 0 Å². The lowest BCUT2D eigenvalue weighted by Gasteiger charge is -2.32. The molecule has 0 spiro atoms. The summed E-state index contributed by atoms with van der Waals surface area (Å²) in [6.45, 7) is 2.96. The summed E-state index contributed by atoms with van der Waals surface area (Å²) in [5.74, 6) is 0.0552. The minimum absolute atomic E-state index is 0.0552. The minimum atomic E-state index is 0.0552.